The van der Waals surface area contributed by atoms with Crippen LogP contribution in [0.3, 0.4) is 0 Å². The molecular weight excluding hydrogens is 757 g/mol. The number of hydrogen-bond acceptors (Lipinski definition) is 16. The van der Waals surface area contributed by atoms with E-state index in [2.05, 4.69) is 46.5 Å². The van der Waals surface area contributed by atoms with Crippen molar-refractivity contribution in [3.05, 3.63) is 0 Å². The summed E-state index contributed by atoms with van der Waals surface area (Å²) in [6, 6.07) is -5.84. The highest BCUT2D eigenvalue weighted by atomic mass is 32.1. The minimum Gasteiger partial charge on any atom is -0.480 e. The van der Waals surface area contributed by atoms with Crippen LogP contribution in [0.2, 0.25) is 0 Å². The number of nitrogens with one attached hydrogen (secondary N) is 4. The van der Waals surface area contributed by atoms with Crippen molar-refractivity contribution >= 4 is 72.8 Å². The average molecular weight is 813 g/mol. The monoisotopic (exact) mass is 812 g/mol. The van der Waals surface area contributed by atoms with E-state index in [0.29, 0.717) is 23.1 Å². The van der Waals surface area contributed by atoms with Gasteiger partial charge in [-0.2, -0.15) is 25.3 Å². The second kappa shape index (κ2) is 28.6. The van der Waals surface area contributed by atoms with E-state index in [-0.39, 0.29) is 32.4 Å². The smallest absolute Gasteiger partial charge is 0.324 e. The number of carbonyl (C=O) groups excluding carboxylic acids is 4. The molecule has 0 saturated carbocycles. The zero-order valence-electron chi connectivity index (χ0n) is 30.1. The molecule has 54 heavy (non-hydrogen) atoms. The first-order valence-corrected chi connectivity index (χ1v) is 18.5. The molecule has 22 nitrogen and oxygen atoms in total. The van der Waals surface area contributed by atoms with E-state index in [1.54, 1.807) is 0 Å². The van der Waals surface area contributed by atoms with Gasteiger partial charge >= 0.3 is 23.9 Å². The zero-order valence-corrected chi connectivity index (χ0v) is 31.8. The van der Waals surface area contributed by atoms with Gasteiger partial charge in [0.25, 0.3) is 11.8 Å². The summed E-state index contributed by atoms with van der Waals surface area (Å²) in [5, 5.41) is 50.7. The van der Waals surface area contributed by atoms with Crippen LogP contribution in [0.1, 0.15) is 51.4 Å². The molecule has 0 spiro atoms. The predicted octanol–water partition coefficient (Wildman–Crippen LogP) is -4.14. The molecule has 14 N–H and O–H groups in total. The zero-order chi connectivity index (χ0) is 41.2. The third-order valence-corrected chi connectivity index (χ3v) is 8.22. The number of carboxylic acids is 4. The lowest BCUT2D eigenvalue weighted by atomic mass is 10.1. The highest BCUT2D eigenvalue weighted by Gasteiger charge is 2.38. The van der Waals surface area contributed by atoms with E-state index in [4.69, 9.17) is 27.4 Å². The van der Waals surface area contributed by atoms with Crippen LogP contribution < -0.4 is 38.5 Å². The van der Waals surface area contributed by atoms with Gasteiger partial charge in [0.2, 0.25) is 11.8 Å². The van der Waals surface area contributed by atoms with Crippen molar-refractivity contribution in [2.75, 3.05) is 63.9 Å². The van der Waals surface area contributed by atoms with Gasteiger partial charge in [-0.05, 0) is 71.2 Å². The molecule has 0 radical (unpaired) electrons. The molecule has 24 heteroatoms. The molecule has 0 aliphatic rings. The predicted molar refractivity (Wildman–Crippen MR) is 200 cm³/mol. The average Bonchev–Trinajstić information content (AvgIpc) is 3.12. The van der Waals surface area contributed by atoms with Crippen LogP contribution >= 0.6 is 25.3 Å². The standard InChI is InChI=1S/C30H56N10O12S2/c31-9-3-12-34-10-1-2-11-35-13-4-14-40(38(15-25(43)44)27(47)21(17-53)36-23(41)7-5-19(32)29(49)50)39(16-26(45)46)28(48)22(18-54)37-24(42)8-6-20(33)30(51)52/h19-22,34-35,53-54H,1-18,31-33H2,(H,36,41)(H,37,42)(H,43,44)(H,45,46)(H,49,50)(H,51,52). The molecule has 4 unspecified atom stereocenters. The molecule has 0 rings (SSSR count). The van der Waals surface area contributed by atoms with Crippen molar-refractivity contribution in [1.29, 1.82) is 0 Å². The number of amides is 4. The summed E-state index contributed by atoms with van der Waals surface area (Å²) >= 11 is 8.22. The summed E-state index contributed by atoms with van der Waals surface area (Å²) < 4.78 is 0. The SMILES string of the molecule is NCCCNCCCCNCCCN(N(CC(=O)O)C(=O)C(CS)NC(=O)CCC(N)C(=O)O)N(CC(=O)O)C(=O)C(CS)NC(=O)CCC(N)C(=O)O. The largest absolute Gasteiger partial charge is 0.480 e. The molecule has 0 saturated heterocycles. The Morgan fingerprint density at radius 1 is 0.593 bits per heavy atom. The third-order valence-electron chi connectivity index (χ3n) is 7.49. The second-order valence-electron chi connectivity index (χ2n) is 12.0. The van der Waals surface area contributed by atoms with Crippen LogP contribution in [0, 0.1) is 0 Å². The lowest BCUT2D eigenvalue weighted by Crippen LogP contribution is -2.66. The number of thiol groups is 2. The van der Waals surface area contributed by atoms with Crippen LogP contribution in [0.25, 0.3) is 0 Å². The fourth-order valence-electron chi connectivity index (χ4n) is 4.58. The first-order valence-electron chi connectivity index (χ1n) is 17.2. The minimum absolute atomic E-state index is 0.123. The van der Waals surface area contributed by atoms with E-state index >= 15 is 0 Å². The maximum absolute atomic E-state index is 13.9. The molecule has 4 amide bonds. The molecule has 0 bridgehead atoms. The van der Waals surface area contributed by atoms with Crippen LogP contribution in [0.15, 0.2) is 0 Å². The fraction of sp³-hybridized carbons (Fsp3) is 0.733. The van der Waals surface area contributed by atoms with Gasteiger partial charge in [-0.15, -0.1) is 5.12 Å². The van der Waals surface area contributed by atoms with Crippen molar-refractivity contribution in [1.82, 2.24) is 36.4 Å². The van der Waals surface area contributed by atoms with Gasteiger partial charge in [0.15, 0.2) is 0 Å². The lowest BCUT2D eigenvalue weighted by Gasteiger charge is -2.42. The molecule has 0 fully saturated rings. The topological polar surface area (TPSA) is 353 Å². The Bertz CT molecular complexity index is 1160. The number of aliphatic carboxylic acids is 4. The first-order chi connectivity index (χ1) is 25.5. The number of nitrogens with zero attached hydrogens (tertiary/aromatic N) is 3. The number of carbonyl (C=O) groups is 8. The fourth-order valence-corrected chi connectivity index (χ4v) is 5.08. The number of rotatable bonds is 32. The van der Waals surface area contributed by atoms with Crippen molar-refractivity contribution in [3.63, 3.8) is 0 Å². The van der Waals surface area contributed by atoms with Crippen molar-refractivity contribution in [2.24, 2.45) is 17.2 Å². The normalized spacial score (nSPS) is 13.3. The van der Waals surface area contributed by atoms with Crippen LogP contribution in [-0.2, 0) is 38.4 Å². The Kier molecular flexibility index (Phi) is 26.6. The highest BCUT2D eigenvalue weighted by Crippen LogP contribution is 2.13. The molecular formula is C30H56N10O12S2. The quantitative estimate of drug-likeness (QED) is 0.0174. The lowest BCUT2D eigenvalue weighted by molar-refractivity contribution is -0.209. The van der Waals surface area contributed by atoms with E-state index < -0.39 is 109 Å². The van der Waals surface area contributed by atoms with Crippen LogP contribution in [0.5, 0.6) is 0 Å². The van der Waals surface area contributed by atoms with Gasteiger partial charge < -0.3 is 58.9 Å². The number of hydrazine groups is 2. The number of unbranched alkanes of at least 4 members (excludes halogenated alkanes) is 1. The Labute approximate surface area is 324 Å². The molecule has 0 aromatic carbocycles. The Hall–Kier alpha value is -3.78. The van der Waals surface area contributed by atoms with E-state index in [1.807, 2.05) is 0 Å². The molecule has 0 aliphatic carbocycles. The summed E-state index contributed by atoms with van der Waals surface area (Å²) in [4.78, 5) is 99.6. The third kappa shape index (κ3) is 21.2. The number of nitrogens with two attached hydrogens (primary N) is 3. The molecule has 0 heterocycles. The van der Waals surface area contributed by atoms with Crippen molar-refractivity contribution < 1.29 is 58.8 Å². The van der Waals surface area contributed by atoms with E-state index in [0.717, 1.165) is 37.5 Å². The molecule has 310 valence electrons. The second-order valence-corrected chi connectivity index (χ2v) is 12.7. The van der Waals surface area contributed by atoms with Crippen molar-refractivity contribution in [2.45, 2.75) is 75.5 Å². The van der Waals surface area contributed by atoms with Crippen LogP contribution in [0.4, 0.5) is 0 Å². The Balaban J connectivity index is 6.44. The summed E-state index contributed by atoms with van der Waals surface area (Å²) in [6.45, 7) is 0.429. The van der Waals surface area contributed by atoms with Gasteiger partial charge in [-0.25, -0.2) is 10.0 Å². The van der Waals surface area contributed by atoms with Gasteiger partial charge in [-0.3, -0.25) is 38.4 Å². The molecule has 0 aromatic rings. The summed E-state index contributed by atoms with van der Waals surface area (Å²) in [5.41, 5.74) is 16.4. The Morgan fingerprint density at radius 2 is 0.963 bits per heavy atom. The van der Waals surface area contributed by atoms with Gasteiger partial charge in [0, 0.05) is 30.9 Å². The Morgan fingerprint density at radius 3 is 1.30 bits per heavy atom. The molecule has 4 atom stereocenters. The number of carboxylic acid groups (broad SMARTS) is 4. The van der Waals surface area contributed by atoms with Crippen LogP contribution in [-0.4, -0.2) is 171 Å². The highest BCUT2D eigenvalue weighted by molar-refractivity contribution is 7.80. The van der Waals surface area contributed by atoms with Crippen molar-refractivity contribution in [3.8, 4) is 0 Å². The summed E-state index contributed by atoms with van der Waals surface area (Å²) in [5.74, 6) is -10.6. The minimum atomic E-state index is -1.58. The molecule has 0 aliphatic heterocycles. The number of hydrogen-bond donors (Lipinski definition) is 13. The summed E-state index contributed by atoms with van der Waals surface area (Å²) in [6.07, 6.45) is 1.17. The summed E-state index contributed by atoms with van der Waals surface area (Å²) in [7, 11) is 0. The molecule has 0 aromatic heterocycles. The van der Waals surface area contributed by atoms with Gasteiger partial charge in [0.1, 0.15) is 37.3 Å². The van der Waals surface area contributed by atoms with Gasteiger partial charge in [-0.1, -0.05) is 0 Å². The van der Waals surface area contributed by atoms with Gasteiger partial charge in [0.05, 0.1) is 0 Å². The van der Waals surface area contributed by atoms with E-state index in [9.17, 15) is 48.6 Å². The maximum atomic E-state index is 13.9. The van der Waals surface area contributed by atoms with E-state index in [1.165, 1.54) is 0 Å². The first kappa shape index (κ1) is 50.2. The maximum Gasteiger partial charge on any atom is 0.324 e.